The van der Waals surface area contributed by atoms with Crippen LogP contribution < -0.4 is 16.2 Å². The van der Waals surface area contributed by atoms with Crippen molar-refractivity contribution in [2.45, 2.75) is 13.3 Å². The number of nitrogen functional groups attached to an aromatic ring is 1. The Balaban J connectivity index is 2.39. The van der Waals surface area contributed by atoms with Crippen LogP contribution >= 0.6 is 0 Å². The molecular formula is C13H19N3O3. The van der Waals surface area contributed by atoms with E-state index < -0.39 is 5.91 Å². The number of primary amides is 1. The summed E-state index contributed by atoms with van der Waals surface area (Å²) < 4.78 is 5.41. The van der Waals surface area contributed by atoms with E-state index in [4.69, 9.17) is 16.2 Å². The predicted molar refractivity (Wildman–Crippen MR) is 72.4 cm³/mol. The van der Waals surface area contributed by atoms with E-state index in [1.165, 1.54) is 4.90 Å². The van der Waals surface area contributed by atoms with Crippen LogP contribution in [0.2, 0.25) is 0 Å². The van der Waals surface area contributed by atoms with E-state index in [1.54, 1.807) is 31.2 Å². The maximum Gasteiger partial charge on any atom is 0.237 e. The van der Waals surface area contributed by atoms with Crippen LogP contribution in [-0.2, 0) is 9.59 Å². The minimum Gasteiger partial charge on any atom is -0.493 e. The number of carbonyl (C=O) groups is 2. The van der Waals surface area contributed by atoms with Crippen LogP contribution in [0.25, 0.3) is 0 Å². The van der Waals surface area contributed by atoms with Crippen LogP contribution in [0.5, 0.6) is 5.75 Å². The molecule has 0 aliphatic heterocycles. The summed E-state index contributed by atoms with van der Waals surface area (Å²) in [6, 6.07) is 6.98. The quantitative estimate of drug-likeness (QED) is 0.696. The molecule has 0 fully saturated rings. The van der Waals surface area contributed by atoms with Gasteiger partial charge in [-0.15, -0.1) is 0 Å². The summed E-state index contributed by atoms with van der Waals surface area (Å²) in [6.07, 6.45) is 0.190. The minimum absolute atomic E-state index is 0.0619. The highest BCUT2D eigenvalue weighted by atomic mass is 16.5. The van der Waals surface area contributed by atoms with Gasteiger partial charge < -0.3 is 21.1 Å². The maximum atomic E-state index is 11.8. The summed E-state index contributed by atoms with van der Waals surface area (Å²) in [6.45, 7) is 2.41. The summed E-state index contributed by atoms with van der Waals surface area (Å²) >= 11 is 0. The third-order valence-corrected chi connectivity index (χ3v) is 2.52. The highest BCUT2D eigenvalue weighted by Gasteiger charge is 2.13. The van der Waals surface area contributed by atoms with E-state index in [0.717, 1.165) is 0 Å². The molecule has 4 N–H and O–H groups in total. The van der Waals surface area contributed by atoms with Gasteiger partial charge in [0.25, 0.3) is 0 Å². The van der Waals surface area contributed by atoms with E-state index in [-0.39, 0.29) is 25.5 Å². The number of rotatable bonds is 7. The lowest BCUT2D eigenvalue weighted by molar-refractivity contribution is -0.135. The number of hydrogen-bond donors (Lipinski definition) is 2. The van der Waals surface area contributed by atoms with Gasteiger partial charge >= 0.3 is 0 Å². The van der Waals surface area contributed by atoms with E-state index in [0.29, 0.717) is 18.0 Å². The molecular weight excluding hydrogens is 246 g/mol. The third-order valence-electron chi connectivity index (χ3n) is 2.52. The molecule has 0 bridgehead atoms. The topological polar surface area (TPSA) is 98.6 Å². The second kappa shape index (κ2) is 7.25. The van der Waals surface area contributed by atoms with Crippen molar-refractivity contribution in [1.29, 1.82) is 0 Å². The van der Waals surface area contributed by atoms with Crippen LogP contribution in [0, 0.1) is 0 Å². The molecule has 6 nitrogen and oxygen atoms in total. The minimum atomic E-state index is -0.521. The Hall–Kier alpha value is -2.24. The van der Waals surface area contributed by atoms with Crippen LogP contribution in [0.1, 0.15) is 13.3 Å². The Labute approximate surface area is 112 Å². The Morgan fingerprint density at radius 3 is 2.68 bits per heavy atom. The average Bonchev–Trinajstić information content (AvgIpc) is 2.35. The molecule has 1 aromatic rings. The largest absolute Gasteiger partial charge is 0.493 e. The van der Waals surface area contributed by atoms with Crippen molar-refractivity contribution in [3.05, 3.63) is 24.3 Å². The fraction of sp³-hybridized carbons (Fsp3) is 0.385. The van der Waals surface area contributed by atoms with Crippen LogP contribution in [0.15, 0.2) is 24.3 Å². The van der Waals surface area contributed by atoms with Gasteiger partial charge in [0.05, 0.1) is 19.6 Å². The van der Waals surface area contributed by atoms with Gasteiger partial charge in [-0.05, 0) is 19.1 Å². The zero-order valence-corrected chi connectivity index (χ0v) is 11.0. The van der Waals surface area contributed by atoms with Gasteiger partial charge in [-0.1, -0.05) is 6.07 Å². The van der Waals surface area contributed by atoms with Crippen molar-refractivity contribution in [3.63, 3.8) is 0 Å². The number of hydrogen-bond acceptors (Lipinski definition) is 4. The summed E-state index contributed by atoms with van der Waals surface area (Å²) in [5.74, 6) is -0.0668. The van der Waals surface area contributed by atoms with Gasteiger partial charge in [0.15, 0.2) is 0 Å². The van der Waals surface area contributed by atoms with Crippen molar-refractivity contribution in [2.75, 3.05) is 25.4 Å². The Bertz CT molecular complexity index is 449. The molecule has 1 aromatic carbocycles. The number of benzene rings is 1. The number of nitrogens with two attached hydrogens (primary N) is 2. The van der Waals surface area contributed by atoms with Gasteiger partial charge in [-0.3, -0.25) is 9.59 Å². The number of anilines is 1. The second-order valence-electron chi connectivity index (χ2n) is 4.05. The van der Waals surface area contributed by atoms with E-state index in [9.17, 15) is 9.59 Å². The molecule has 0 heterocycles. The molecule has 0 unspecified atom stereocenters. The molecule has 0 aliphatic rings. The molecule has 2 amide bonds. The highest BCUT2D eigenvalue weighted by Crippen LogP contribution is 2.14. The molecule has 6 heteroatoms. The summed E-state index contributed by atoms with van der Waals surface area (Å²) in [5, 5.41) is 0. The fourth-order valence-electron chi connectivity index (χ4n) is 1.58. The molecule has 0 atom stereocenters. The normalized spacial score (nSPS) is 9.95. The van der Waals surface area contributed by atoms with Crippen molar-refractivity contribution in [3.8, 4) is 5.75 Å². The van der Waals surface area contributed by atoms with E-state index in [1.807, 2.05) is 0 Å². The number of ether oxygens (including phenoxy) is 1. The van der Waals surface area contributed by atoms with Crippen molar-refractivity contribution >= 4 is 17.5 Å². The van der Waals surface area contributed by atoms with Crippen LogP contribution in [0.3, 0.4) is 0 Å². The smallest absolute Gasteiger partial charge is 0.237 e. The number of carbonyl (C=O) groups excluding carboxylic acids is 2. The first-order valence-corrected chi connectivity index (χ1v) is 6.07. The number of amides is 2. The first-order chi connectivity index (χ1) is 9.02. The lowest BCUT2D eigenvalue weighted by atomic mass is 10.3. The van der Waals surface area contributed by atoms with Crippen molar-refractivity contribution in [2.24, 2.45) is 5.73 Å². The van der Waals surface area contributed by atoms with Gasteiger partial charge in [-0.25, -0.2) is 0 Å². The monoisotopic (exact) mass is 265 g/mol. The molecule has 0 saturated heterocycles. The summed E-state index contributed by atoms with van der Waals surface area (Å²) in [5.41, 5.74) is 11.3. The average molecular weight is 265 g/mol. The van der Waals surface area contributed by atoms with Gasteiger partial charge in [-0.2, -0.15) is 0 Å². The fourth-order valence-corrected chi connectivity index (χ4v) is 1.58. The van der Waals surface area contributed by atoms with Gasteiger partial charge in [0.1, 0.15) is 5.75 Å². The predicted octanol–water partition coefficient (Wildman–Crippen LogP) is 0.372. The summed E-state index contributed by atoms with van der Waals surface area (Å²) in [7, 11) is 0. The number of nitrogens with zero attached hydrogens (tertiary/aromatic N) is 1. The molecule has 0 aromatic heterocycles. The zero-order chi connectivity index (χ0) is 14.3. The first kappa shape index (κ1) is 14.8. The van der Waals surface area contributed by atoms with Crippen molar-refractivity contribution in [1.82, 2.24) is 4.90 Å². The standard InChI is InChI=1S/C13H19N3O3/c1-2-16(9-12(15)17)13(18)6-7-19-11-5-3-4-10(14)8-11/h3-5,8H,2,6-7,9,14H2,1H3,(H2,15,17). The second-order valence-corrected chi connectivity index (χ2v) is 4.05. The molecule has 0 aliphatic carbocycles. The molecule has 104 valence electrons. The third kappa shape index (κ3) is 5.29. The lowest BCUT2D eigenvalue weighted by Crippen LogP contribution is -2.38. The van der Waals surface area contributed by atoms with E-state index in [2.05, 4.69) is 0 Å². The van der Waals surface area contributed by atoms with Gasteiger partial charge in [0, 0.05) is 18.3 Å². The lowest BCUT2D eigenvalue weighted by Gasteiger charge is -2.19. The van der Waals surface area contributed by atoms with Crippen molar-refractivity contribution < 1.29 is 14.3 Å². The molecule has 0 saturated carbocycles. The van der Waals surface area contributed by atoms with E-state index >= 15 is 0 Å². The highest BCUT2D eigenvalue weighted by molar-refractivity contribution is 5.83. The molecule has 1 rings (SSSR count). The Kier molecular flexibility index (Phi) is 5.66. The molecule has 0 spiro atoms. The Morgan fingerprint density at radius 1 is 1.37 bits per heavy atom. The van der Waals surface area contributed by atoms with Gasteiger partial charge in [0.2, 0.25) is 11.8 Å². The van der Waals surface area contributed by atoms with Crippen LogP contribution in [0.4, 0.5) is 5.69 Å². The number of likely N-dealkylation sites (N-methyl/N-ethyl adjacent to an activating group) is 1. The SMILES string of the molecule is CCN(CC(N)=O)C(=O)CCOc1cccc(N)c1. The Morgan fingerprint density at radius 2 is 2.11 bits per heavy atom. The molecule has 0 radical (unpaired) electrons. The summed E-state index contributed by atoms with van der Waals surface area (Å²) in [4.78, 5) is 24.0. The zero-order valence-electron chi connectivity index (χ0n) is 11.0. The van der Waals surface area contributed by atoms with Crippen LogP contribution in [-0.4, -0.2) is 36.4 Å². The first-order valence-electron chi connectivity index (χ1n) is 6.07. The molecule has 19 heavy (non-hydrogen) atoms. The maximum absolute atomic E-state index is 11.8.